The summed E-state index contributed by atoms with van der Waals surface area (Å²) < 4.78 is 25.5. The Labute approximate surface area is 127 Å². The minimum absolute atomic E-state index is 0.000934. The Morgan fingerprint density at radius 3 is 2.48 bits per heavy atom. The Bertz CT molecular complexity index is 811. The normalized spacial score (nSPS) is 11.2. The smallest absolute Gasteiger partial charge is 0.266 e. The fraction of sp³-hybridized carbons (Fsp3) is 0.154. The van der Waals surface area contributed by atoms with Gasteiger partial charge in [-0.3, -0.25) is 4.79 Å². The summed E-state index contributed by atoms with van der Waals surface area (Å²) in [6, 6.07) is 8.85. The summed E-state index contributed by atoms with van der Waals surface area (Å²) in [6.07, 6.45) is 1.44. The maximum Gasteiger partial charge on any atom is 0.266 e. The molecule has 0 radical (unpaired) electrons. The standard InChI is InChI=1S/C13H13N3O3S2/c14-13(20)10-3-5-11(6-4-10)21(18,19)9-8-16-12(17)2-1-7-15-16/h1-7H,8-9H2,(H2,14,20). The first-order valence-electron chi connectivity index (χ1n) is 6.05. The van der Waals surface area contributed by atoms with E-state index < -0.39 is 9.84 Å². The highest BCUT2D eigenvalue weighted by molar-refractivity contribution is 7.91. The summed E-state index contributed by atoms with van der Waals surface area (Å²) in [6.45, 7) is -0.000934. The third kappa shape index (κ3) is 3.73. The SMILES string of the molecule is NC(=S)c1ccc(S(=O)(=O)CCn2ncccc2=O)cc1. The van der Waals surface area contributed by atoms with Gasteiger partial charge in [0.05, 0.1) is 17.2 Å². The van der Waals surface area contributed by atoms with E-state index in [0.717, 1.165) is 4.68 Å². The first kappa shape index (κ1) is 15.3. The fourth-order valence-corrected chi connectivity index (χ4v) is 3.04. The first-order valence-corrected chi connectivity index (χ1v) is 8.11. The van der Waals surface area contributed by atoms with Crippen molar-refractivity contribution in [1.82, 2.24) is 9.78 Å². The van der Waals surface area contributed by atoms with Gasteiger partial charge in [0.2, 0.25) is 0 Å². The van der Waals surface area contributed by atoms with E-state index in [4.69, 9.17) is 18.0 Å². The van der Waals surface area contributed by atoms with Crippen molar-refractivity contribution in [3.05, 3.63) is 58.5 Å². The predicted octanol–water partition coefficient (Wildman–Crippen LogP) is 0.351. The van der Waals surface area contributed by atoms with Crippen LogP contribution in [0, 0.1) is 0 Å². The summed E-state index contributed by atoms with van der Waals surface area (Å²) in [5.74, 6) is -0.212. The zero-order valence-corrected chi connectivity index (χ0v) is 12.6. The van der Waals surface area contributed by atoms with Crippen molar-refractivity contribution < 1.29 is 8.42 Å². The van der Waals surface area contributed by atoms with Crippen LogP contribution in [0.25, 0.3) is 0 Å². The highest BCUT2D eigenvalue weighted by Crippen LogP contribution is 2.12. The minimum atomic E-state index is -3.50. The largest absolute Gasteiger partial charge is 0.389 e. The highest BCUT2D eigenvalue weighted by Gasteiger charge is 2.15. The van der Waals surface area contributed by atoms with Crippen LogP contribution in [-0.2, 0) is 16.4 Å². The van der Waals surface area contributed by atoms with Gasteiger partial charge < -0.3 is 5.73 Å². The van der Waals surface area contributed by atoms with Crippen molar-refractivity contribution in [2.45, 2.75) is 11.4 Å². The average molecular weight is 323 g/mol. The van der Waals surface area contributed by atoms with Crippen molar-refractivity contribution in [3.8, 4) is 0 Å². The van der Waals surface area contributed by atoms with E-state index in [2.05, 4.69) is 5.10 Å². The maximum atomic E-state index is 12.2. The van der Waals surface area contributed by atoms with Crippen LogP contribution in [-0.4, -0.2) is 28.9 Å². The zero-order chi connectivity index (χ0) is 15.5. The number of hydrogen-bond acceptors (Lipinski definition) is 5. The van der Waals surface area contributed by atoms with Crippen molar-refractivity contribution in [3.63, 3.8) is 0 Å². The van der Waals surface area contributed by atoms with Gasteiger partial charge in [-0.1, -0.05) is 24.4 Å². The summed E-state index contributed by atoms with van der Waals surface area (Å²) in [5, 5.41) is 3.82. The molecular weight excluding hydrogens is 310 g/mol. The predicted molar refractivity (Wildman–Crippen MR) is 82.9 cm³/mol. The van der Waals surface area contributed by atoms with Crippen LogP contribution in [0.2, 0.25) is 0 Å². The molecule has 2 N–H and O–H groups in total. The van der Waals surface area contributed by atoms with E-state index in [-0.39, 0.29) is 27.7 Å². The van der Waals surface area contributed by atoms with Gasteiger partial charge in [-0.15, -0.1) is 0 Å². The van der Waals surface area contributed by atoms with Crippen LogP contribution in [0.15, 0.2) is 52.3 Å². The maximum absolute atomic E-state index is 12.2. The molecule has 1 aromatic heterocycles. The van der Waals surface area contributed by atoms with Gasteiger partial charge in [0, 0.05) is 17.8 Å². The summed E-state index contributed by atoms with van der Waals surface area (Å²) in [7, 11) is -3.50. The second-order valence-corrected chi connectivity index (χ2v) is 6.84. The number of benzene rings is 1. The van der Waals surface area contributed by atoms with Gasteiger partial charge in [0.15, 0.2) is 9.84 Å². The Balaban J connectivity index is 2.17. The van der Waals surface area contributed by atoms with E-state index >= 15 is 0 Å². The molecule has 1 heterocycles. The monoisotopic (exact) mass is 323 g/mol. The first-order chi connectivity index (χ1) is 9.90. The Morgan fingerprint density at radius 1 is 1.24 bits per heavy atom. The van der Waals surface area contributed by atoms with E-state index in [1.54, 1.807) is 12.1 Å². The molecule has 6 nitrogen and oxygen atoms in total. The molecule has 0 aliphatic heterocycles. The molecule has 2 aromatic rings. The molecule has 0 bridgehead atoms. The number of hydrogen-bond donors (Lipinski definition) is 1. The lowest BCUT2D eigenvalue weighted by Crippen LogP contribution is -2.25. The van der Waals surface area contributed by atoms with Crippen molar-refractivity contribution >= 4 is 27.0 Å². The topological polar surface area (TPSA) is 95.1 Å². The summed E-state index contributed by atoms with van der Waals surface area (Å²) in [5.41, 5.74) is 5.73. The molecule has 0 spiro atoms. The van der Waals surface area contributed by atoms with E-state index in [9.17, 15) is 13.2 Å². The number of thiocarbonyl (C=S) groups is 1. The number of nitrogens with two attached hydrogens (primary N) is 1. The summed E-state index contributed by atoms with van der Waals surface area (Å²) in [4.78, 5) is 11.8. The Kier molecular flexibility index (Phi) is 4.49. The molecule has 0 unspecified atom stereocenters. The molecule has 0 aliphatic rings. The lowest BCUT2D eigenvalue weighted by Gasteiger charge is -2.06. The Morgan fingerprint density at radius 2 is 1.90 bits per heavy atom. The molecule has 0 saturated carbocycles. The van der Waals surface area contributed by atoms with Crippen molar-refractivity contribution in [2.75, 3.05) is 5.75 Å². The quantitative estimate of drug-likeness (QED) is 0.798. The fourth-order valence-electron chi connectivity index (χ4n) is 1.71. The third-order valence-corrected chi connectivity index (χ3v) is 4.80. The van der Waals surface area contributed by atoms with E-state index in [1.165, 1.54) is 30.5 Å². The number of rotatable bonds is 5. The van der Waals surface area contributed by atoms with Crippen molar-refractivity contribution in [1.29, 1.82) is 0 Å². The number of aryl methyl sites for hydroxylation is 1. The molecular formula is C13H13N3O3S2. The second-order valence-electron chi connectivity index (χ2n) is 4.29. The zero-order valence-electron chi connectivity index (χ0n) is 11.0. The molecule has 110 valence electrons. The van der Waals surface area contributed by atoms with Crippen LogP contribution in [0.1, 0.15) is 5.56 Å². The Hall–Kier alpha value is -2.06. The van der Waals surface area contributed by atoms with E-state index in [1.807, 2.05) is 0 Å². The minimum Gasteiger partial charge on any atom is -0.389 e. The van der Waals surface area contributed by atoms with Crippen LogP contribution < -0.4 is 11.3 Å². The summed E-state index contributed by atoms with van der Waals surface area (Å²) >= 11 is 4.81. The van der Waals surface area contributed by atoms with Crippen LogP contribution in [0.5, 0.6) is 0 Å². The molecule has 21 heavy (non-hydrogen) atoms. The molecule has 0 aliphatic carbocycles. The lowest BCUT2D eigenvalue weighted by atomic mass is 10.2. The van der Waals surface area contributed by atoms with Crippen LogP contribution >= 0.6 is 12.2 Å². The van der Waals surface area contributed by atoms with Gasteiger partial charge in [0.1, 0.15) is 4.99 Å². The molecule has 0 saturated heterocycles. The number of sulfone groups is 1. The second kappa shape index (κ2) is 6.15. The molecule has 0 fully saturated rings. The molecule has 1 aromatic carbocycles. The molecule has 0 atom stereocenters. The van der Waals surface area contributed by atoms with Crippen LogP contribution in [0.3, 0.4) is 0 Å². The van der Waals surface area contributed by atoms with Gasteiger partial charge in [-0.2, -0.15) is 5.10 Å². The molecule has 8 heteroatoms. The van der Waals surface area contributed by atoms with Gasteiger partial charge in [0.25, 0.3) is 5.56 Å². The number of aromatic nitrogens is 2. The molecule has 2 rings (SSSR count). The van der Waals surface area contributed by atoms with Crippen LogP contribution in [0.4, 0.5) is 0 Å². The van der Waals surface area contributed by atoms with Crippen molar-refractivity contribution in [2.24, 2.45) is 5.73 Å². The number of nitrogens with zero attached hydrogens (tertiary/aromatic N) is 2. The third-order valence-electron chi connectivity index (χ3n) is 2.86. The van der Waals surface area contributed by atoms with Gasteiger partial charge in [-0.05, 0) is 18.2 Å². The van der Waals surface area contributed by atoms with Gasteiger partial charge in [-0.25, -0.2) is 13.1 Å². The van der Waals surface area contributed by atoms with E-state index in [0.29, 0.717) is 5.56 Å². The van der Waals surface area contributed by atoms with Gasteiger partial charge >= 0.3 is 0 Å². The average Bonchev–Trinajstić information content (AvgIpc) is 2.46. The molecule has 0 amide bonds. The highest BCUT2D eigenvalue weighted by atomic mass is 32.2. The lowest BCUT2D eigenvalue weighted by molar-refractivity contribution is 0.571.